The van der Waals surface area contributed by atoms with Gasteiger partial charge in [0.05, 0.1) is 22.4 Å². The summed E-state index contributed by atoms with van der Waals surface area (Å²) in [5, 5.41) is 3.32. The predicted molar refractivity (Wildman–Crippen MR) is 256 cm³/mol. The monoisotopic (exact) mass is 791 g/mol. The molecule has 290 valence electrons. The molecule has 0 saturated heterocycles. The number of hydrogen-bond donors (Lipinski definition) is 0. The Bertz CT molecular complexity index is 3440. The van der Waals surface area contributed by atoms with E-state index >= 15 is 0 Å². The van der Waals surface area contributed by atoms with Crippen molar-refractivity contribution < 1.29 is 4.42 Å². The van der Waals surface area contributed by atoms with Crippen LogP contribution in [0.5, 0.6) is 0 Å². The van der Waals surface area contributed by atoms with Crippen molar-refractivity contribution in [1.82, 2.24) is 14.5 Å². The summed E-state index contributed by atoms with van der Waals surface area (Å²) >= 11 is 0. The Balaban J connectivity index is 1.20. The molecule has 12 aromatic rings. The van der Waals surface area contributed by atoms with Crippen LogP contribution in [-0.2, 0) is 0 Å². The molecule has 0 bridgehead atoms. The van der Waals surface area contributed by atoms with Crippen molar-refractivity contribution in [1.29, 1.82) is 0 Å². The minimum atomic E-state index is 0.512. The van der Waals surface area contributed by atoms with Gasteiger partial charge in [-0.3, -0.25) is 0 Å². The molecule has 0 aliphatic heterocycles. The normalized spacial score (nSPS) is 11.5. The van der Waals surface area contributed by atoms with Gasteiger partial charge in [-0.05, 0) is 81.9 Å². The highest BCUT2D eigenvalue weighted by atomic mass is 16.3. The number of fused-ring (bicyclic) bond motifs is 6. The Kier molecular flexibility index (Phi) is 8.46. The van der Waals surface area contributed by atoms with Gasteiger partial charge in [-0.2, -0.15) is 0 Å². The van der Waals surface area contributed by atoms with Gasteiger partial charge in [0.15, 0.2) is 0 Å². The van der Waals surface area contributed by atoms with Gasteiger partial charge < -0.3 is 8.98 Å². The van der Waals surface area contributed by atoms with Gasteiger partial charge in [-0.1, -0.05) is 176 Å². The maximum Gasteiger partial charge on any atom is 0.246 e. The molecule has 0 spiro atoms. The second-order valence-electron chi connectivity index (χ2n) is 15.7. The number of rotatable bonds is 7. The molecule has 0 aliphatic rings. The number of hydrogen-bond acceptors (Lipinski definition) is 3. The van der Waals surface area contributed by atoms with Crippen LogP contribution < -0.4 is 0 Å². The van der Waals surface area contributed by atoms with Gasteiger partial charge in [0.25, 0.3) is 0 Å². The van der Waals surface area contributed by atoms with Crippen molar-refractivity contribution in [2.45, 2.75) is 0 Å². The van der Waals surface area contributed by atoms with Crippen LogP contribution in [0.15, 0.2) is 229 Å². The largest absolute Gasteiger partial charge is 0.436 e. The van der Waals surface area contributed by atoms with Crippen LogP contribution in [0.4, 0.5) is 0 Å². The van der Waals surface area contributed by atoms with E-state index in [-0.39, 0.29) is 0 Å². The van der Waals surface area contributed by atoms with Crippen LogP contribution in [0.1, 0.15) is 0 Å². The van der Waals surface area contributed by atoms with Crippen molar-refractivity contribution in [3.05, 3.63) is 224 Å². The lowest BCUT2D eigenvalue weighted by Crippen LogP contribution is -2.03. The Morgan fingerprint density at radius 1 is 0.323 bits per heavy atom. The highest BCUT2D eigenvalue weighted by Gasteiger charge is 2.25. The first kappa shape index (κ1) is 35.6. The molecule has 0 N–H and O–H groups in total. The highest BCUT2D eigenvalue weighted by molar-refractivity contribution is 6.13. The minimum absolute atomic E-state index is 0.512. The Morgan fingerprint density at radius 2 is 0.758 bits per heavy atom. The van der Waals surface area contributed by atoms with Crippen molar-refractivity contribution >= 4 is 44.0 Å². The molecule has 3 aromatic heterocycles. The van der Waals surface area contributed by atoms with E-state index in [0.29, 0.717) is 5.71 Å². The third kappa shape index (κ3) is 6.00. The van der Waals surface area contributed by atoms with Gasteiger partial charge in [-0.25, -0.2) is 9.97 Å². The van der Waals surface area contributed by atoms with E-state index in [1.54, 1.807) is 0 Å². The summed E-state index contributed by atoms with van der Waals surface area (Å²) in [4.78, 5) is 10.7. The van der Waals surface area contributed by atoms with Gasteiger partial charge >= 0.3 is 0 Å². The van der Waals surface area contributed by atoms with E-state index in [0.717, 1.165) is 78.0 Å². The molecule has 0 aliphatic carbocycles. The highest BCUT2D eigenvalue weighted by Crippen LogP contribution is 2.46. The molecule has 3 heterocycles. The summed E-state index contributed by atoms with van der Waals surface area (Å²) in [6.45, 7) is 0. The molecule has 62 heavy (non-hydrogen) atoms. The second kappa shape index (κ2) is 14.7. The molecule has 0 fully saturated rings. The fraction of sp³-hybridized carbons (Fsp3) is 0. The fourth-order valence-electron chi connectivity index (χ4n) is 9.09. The zero-order chi connectivity index (χ0) is 41.0. The molecule has 0 atom stereocenters. The zero-order valence-electron chi connectivity index (χ0n) is 33.6. The van der Waals surface area contributed by atoms with Crippen LogP contribution in [-0.4, -0.2) is 14.5 Å². The van der Waals surface area contributed by atoms with Crippen LogP contribution in [0.3, 0.4) is 0 Å². The van der Waals surface area contributed by atoms with Crippen LogP contribution in [0, 0.1) is 0 Å². The Morgan fingerprint density at radius 3 is 1.27 bits per heavy atom. The molecule has 0 amide bonds. The number of nitrogens with zero attached hydrogens (tertiary/aromatic N) is 3. The Hall–Kier alpha value is -8.34. The van der Waals surface area contributed by atoms with Crippen LogP contribution in [0.25, 0.3) is 117 Å². The van der Waals surface area contributed by atoms with E-state index in [4.69, 9.17) is 14.4 Å². The average molecular weight is 792 g/mol. The van der Waals surface area contributed by atoms with Gasteiger partial charge in [-0.15, -0.1) is 0 Å². The number of furan rings is 1. The lowest BCUT2D eigenvalue weighted by Gasteiger charge is -2.21. The average Bonchev–Trinajstić information content (AvgIpc) is 3.89. The SMILES string of the molecule is c1ccc(-c2ccc3c(c2)c2cc(-c4ccccc4)ccc2n3-c2c(-c3ccccc3)cc(-c3nc4oc5ccccc5c4nc3-c3ccccc3)cc2-c2ccccc2)cc1. The summed E-state index contributed by atoms with van der Waals surface area (Å²) < 4.78 is 8.90. The molecular weight excluding hydrogens is 755 g/mol. The first-order chi connectivity index (χ1) is 30.7. The standard InChI is InChI=1S/C58H37N3O/c1-6-18-38(19-7-1)43-30-32-51-49(34-43)50-35-44(39-20-8-2-9-21-39)31-33-52(50)61(51)57-47(40-22-10-3-11-23-40)36-45(37-48(57)41-24-12-4-13-25-41)55-54(42-26-14-5-15-27-42)59-56-46-28-16-17-29-53(46)62-58(56)60-55/h1-37H. The number of aromatic nitrogens is 3. The molecule has 12 rings (SSSR count). The summed E-state index contributed by atoms with van der Waals surface area (Å²) in [5.41, 5.74) is 17.9. The summed E-state index contributed by atoms with van der Waals surface area (Å²) in [6.07, 6.45) is 0. The molecule has 0 unspecified atom stereocenters. The summed E-state index contributed by atoms with van der Waals surface area (Å²) in [7, 11) is 0. The maximum atomic E-state index is 6.42. The lowest BCUT2D eigenvalue weighted by atomic mass is 9.91. The van der Waals surface area contributed by atoms with Crippen LogP contribution >= 0.6 is 0 Å². The smallest absolute Gasteiger partial charge is 0.246 e. The molecule has 0 radical (unpaired) electrons. The number of benzene rings is 9. The fourth-order valence-corrected chi connectivity index (χ4v) is 9.09. The first-order valence-electron chi connectivity index (χ1n) is 21.0. The van der Waals surface area contributed by atoms with Gasteiger partial charge in [0.2, 0.25) is 5.71 Å². The zero-order valence-corrected chi connectivity index (χ0v) is 33.6. The van der Waals surface area contributed by atoms with Crippen molar-refractivity contribution in [3.8, 4) is 72.7 Å². The topological polar surface area (TPSA) is 43.9 Å². The molecule has 0 saturated carbocycles. The third-order valence-corrected chi connectivity index (χ3v) is 12.0. The molecule has 4 heteroatoms. The third-order valence-electron chi connectivity index (χ3n) is 12.0. The second-order valence-corrected chi connectivity index (χ2v) is 15.7. The van der Waals surface area contributed by atoms with E-state index in [9.17, 15) is 0 Å². The van der Waals surface area contributed by atoms with Crippen molar-refractivity contribution in [2.24, 2.45) is 0 Å². The van der Waals surface area contributed by atoms with Crippen LogP contribution in [0.2, 0.25) is 0 Å². The van der Waals surface area contributed by atoms with E-state index in [1.165, 1.54) is 33.0 Å². The number of para-hydroxylation sites is 1. The van der Waals surface area contributed by atoms with E-state index in [1.807, 2.05) is 24.3 Å². The minimum Gasteiger partial charge on any atom is -0.436 e. The van der Waals surface area contributed by atoms with E-state index in [2.05, 4.69) is 205 Å². The summed E-state index contributed by atoms with van der Waals surface area (Å²) in [5.74, 6) is 0. The van der Waals surface area contributed by atoms with Gasteiger partial charge in [0, 0.05) is 38.4 Å². The van der Waals surface area contributed by atoms with Crippen molar-refractivity contribution in [3.63, 3.8) is 0 Å². The quantitative estimate of drug-likeness (QED) is 0.161. The molecular formula is C58H37N3O. The van der Waals surface area contributed by atoms with Crippen molar-refractivity contribution in [2.75, 3.05) is 0 Å². The summed E-state index contributed by atoms with van der Waals surface area (Å²) in [6, 6.07) is 79.6. The van der Waals surface area contributed by atoms with E-state index < -0.39 is 0 Å². The maximum absolute atomic E-state index is 6.42. The molecule has 4 nitrogen and oxygen atoms in total. The predicted octanol–water partition coefficient (Wildman–Crippen LogP) is 15.5. The van der Waals surface area contributed by atoms with Gasteiger partial charge in [0.1, 0.15) is 16.8 Å². The molecule has 9 aromatic carbocycles. The first-order valence-corrected chi connectivity index (χ1v) is 21.0. The lowest BCUT2D eigenvalue weighted by molar-refractivity contribution is 0.653. The Labute approximate surface area is 358 Å².